The second kappa shape index (κ2) is 9.28. The topological polar surface area (TPSA) is 66.8 Å². The van der Waals surface area contributed by atoms with Gasteiger partial charge in [0.25, 0.3) is 0 Å². The molecule has 6 nitrogen and oxygen atoms in total. The lowest BCUT2D eigenvalue weighted by Crippen LogP contribution is -2.25. The lowest BCUT2D eigenvalue weighted by molar-refractivity contribution is -0.141. The van der Waals surface area contributed by atoms with Crippen molar-refractivity contribution in [3.05, 3.63) is 60.0 Å². The minimum absolute atomic E-state index is 0.0714. The van der Waals surface area contributed by atoms with E-state index in [9.17, 15) is 13.2 Å². The van der Waals surface area contributed by atoms with Gasteiger partial charge in [0.05, 0.1) is 0 Å². The van der Waals surface area contributed by atoms with Gasteiger partial charge in [0.1, 0.15) is 17.3 Å². The number of nitrogens with zero attached hydrogens (tertiary/aromatic N) is 5. The fraction of sp³-hybridized carbons (Fsp3) is 0.364. The van der Waals surface area contributed by atoms with Gasteiger partial charge in [-0.15, -0.1) is 0 Å². The van der Waals surface area contributed by atoms with Crippen molar-refractivity contribution in [2.24, 2.45) is 0 Å². The molecule has 0 amide bonds. The van der Waals surface area contributed by atoms with Crippen LogP contribution in [-0.2, 0) is 12.7 Å². The standard InChI is InChI=1S/C22H23F3N6/c23-22(24,25)18-14-19(30-21(29-18)17-7-3-4-9-26-17)28-15-16-8-10-27-20(13-16)31-11-5-1-2-6-12-31/h3-4,7-10,13-14H,1-2,5-6,11-12,15H2,(H,28,29,30). The first kappa shape index (κ1) is 21.0. The van der Waals surface area contributed by atoms with Gasteiger partial charge >= 0.3 is 6.18 Å². The second-order valence-corrected chi connectivity index (χ2v) is 7.45. The Morgan fingerprint density at radius 3 is 2.42 bits per heavy atom. The SMILES string of the molecule is FC(F)(F)c1cc(NCc2ccnc(N3CCCCCC3)c2)nc(-c2ccccn2)n1. The predicted octanol–water partition coefficient (Wildman–Crippen LogP) is 4.94. The largest absolute Gasteiger partial charge is 0.433 e. The van der Waals surface area contributed by atoms with E-state index in [-0.39, 0.29) is 17.3 Å². The van der Waals surface area contributed by atoms with Crippen molar-refractivity contribution in [3.8, 4) is 11.5 Å². The summed E-state index contributed by atoms with van der Waals surface area (Å²) in [5, 5.41) is 3.00. The van der Waals surface area contributed by atoms with Crippen molar-refractivity contribution in [3.63, 3.8) is 0 Å². The first-order chi connectivity index (χ1) is 15.0. The third-order valence-electron chi connectivity index (χ3n) is 5.12. The highest BCUT2D eigenvalue weighted by Crippen LogP contribution is 2.30. The summed E-state index contributed by atoms with van der Waals surface area (Å²) in [6.07, 6.45) is 3.38. The molecule has 0 bridgehead atoms. The molecule has 31 heavy (non-hydrogen) atoms. The average Bonchev–Trinajstić information content (AvgIpc) is 3.07. The van der Waals surface area contributed by atoms with E-state index in [1.54, 1.807) is 24.4 Å². The summed E-state index contributed by atoms with van der Waals surface area (Å²) >= 11 is 0. The van der Waals surface area contributed by atoms with Crippen molar-refractivity contribution in [2.75, 3.05) is 23.3 Å². The number of hydrogen-bond donors (Lipinski definition) is 1. The number of pyridine rings is 2. The zero-order valence-corrected chi connectivity index (χ0v) is 16.9. The molecule has 0 aromatic carbocycles. The smallest absolute Gasteiger partial charge is 0.366 e. The molecule has 3 aromatic heterocycles. The van der Waals surface area contributed by atoms with E-state index in [2.05, 4.69) is 30.2 Å². The Morgan fingerprint density at radius 2 is 1.71 bits per heavy atom. The van der Waals surface area contributed by atoms with E-state index in [0.717, 1.165) is 43.4 Å². The molecule has 1 aliphatic rings. The summed E-state index contributed by atoms with van der Waals surface area (Å²) in [5.74, 6) is 0.920. The maximum Gasteiger partial charge on any atom is 0.433 e. The molecule has 162 valence electrons. The Labute approximate surface area is 178 Å². The molecule has 0 aliphatic carbocycles. The van der Waals surface area contributed by atoms with Gasteiger partial charge in [0, 0.05) is 38.1 Å². The average molecular weight is 428 g/mol. The van der Waals surface area contributed by atoms with Crippen molar-refractivity contribution in [1.82, 2.24) is 19.9 Å². The van der Waals surface area contributed by atoms with Crippen molar-refractivity contribution >= 4 is 11.6 Å². The third kappa shape index (κ3) is 5.48. The van der Waals surface area contributed by atoms with Gasteiger partial charge in [0.15, 0.2) is 11.5 Å². The Morgan fingerprint density at radius 1 is 0.903 bits per heavy atom. The van der Waals surface area contributed by atoms with E-state index >= 15 is 0 Å². The van der Waals surface area contributed by atoms with Crippen LogP contribution in [0, 0.1) is 0 Å². The fourth-order valence-corrected chi connectivity index (χ4v) is 3.53. The summed E-state index contributed by atoms with van der Waals surface area (Å²) in [6.45, 7) is 2.26. The van der Waals surface area contributed by atoms with Gasteiger partial charge in [-0.3, -0.25) is 4.98 Å². The third-order valence-corrected chi connectivity index (χ3v) is 5.12. The second-order valence-electron chi connectivity index (χ2n) is 7.45. The lowest BCUT2D eigenvalue weighted by atomic mass is 10.2. The fourth-order valence-electron chi connectivity index (χ4n) is 3.53. The quantitative estimate of drug-likeness (QED) is 0.621. The summed E-state index contributed by atoms with van der Waals surface area (Å²) in [4.78, 5) is 18.7. The minimum atomic E-state index is -4.58. The number of anilines is 2. The molecule has 0 spiro atoms. The Kier molecular flexibility index (Phi) is 6.29. The van der Waals surface area contributed by atoms with E-state index < -0.39 is 11.9 Å². The number of halogens is 3. The van der Waals surface area contributed by atoms with Gasteiger partial charge in [-0.2, -0.15) is 13.2 Å². The molecular formula is C22H23F3N6. The van der Waals surface area contributed by atoms with E-state index in [1.165, 1.54) is 19.0 Å². The van der Waals surface area contributed by atoms with Crippen LogP contribution in [0.1, 0.15) is 36.9 Å². The maximum atomic E-state index is 13.4. The predicted molar refractivity (Wildman–Crippen MR) is 113 cm³/mol. The summed E-state index contributed by atoms with van der Waals surface area (Å²) < 4.78 is 40.1. The van der Waals surface area contributed by atoms with Crippen LogP contribution in [-0.4, -0.2) is 33.0 Å². The molecule has 1 fully saturated rings. The number of alkyl halides is 3. The van der Waals surface area contributed by atoms with Gasteiger partial charge in [-0.1, -0.05) is 18.9 Å². The van der Waals surface area contributed by atoms with Crippen LogP contribution in [0.25, 0.3) is 11.5 Å². The van der Waals surface area contributed by atoms with Crippen molar-refractivity contribution < 1.29 is 13.2 Å². The van der Waals surface area contributed by atoms with Gasteiger partial charge in [0.2, 0.25) is 0 Å². The molecule has 0 saturated carbocycles. The summed E-state index contributed by atoms with van der Waals surface area (Å²) in [6, 6.07) is 9.69. The van der Waals surface area contributed by atoms with Gasteiger partial charge in [-0.25, -0.2) is 15.0 Å². The Bertz CT molecular complexity index is 1000. The minimum Gasteiger partial charge on any atom is -0.366 e. The van der Waals surface area contributed by atoms with Crippen molar-refractivity contribution in [1.29, 1.82) is 0 Å². The summed E-state index contributed by atoms with van der Waals surface area (Å²) in [7, 11) is 0. The van der Waals surface area contributed by atoms with Gasteiger partial charge < -0.3 is 10.2 Å². The highest BCUT2D eigenvalue weighted by atomic mass is 19.4. The van der Waals surface area contributed by atoms with Crippen LogP contribution in [0.5, 0.6) is 0 Å². The highest BCUT2D eigenvalue weighted by molar-refractivity contribution is 5.53. The normalized spacial score (nSPS) is 14.9. The number of aromatic nitrogens is 4. The number of hydrogen-bond acceptors (Lipinski definition) is 6. The molecule has 1 N–H and O–H groups in total. The van der Waals surface area contributed by atoms with Crippen LogP contribution in [0.2, 0.25) is 0 Å². The van der Waals surface area contributed by atoms with E-state index in [1.807, 2.05) is 12.1 Å². The number of nitrogens with one attached hydrogen (secondary N) is 1. The molecule has 0 atom stereocenters. The molecular weight excluding hydrogens is 405 g/mol. The molecule has 0 radical (unpaired) electrons. The molecule has 4 rings (SSSR count). The van der Waals surface area contributed by atoms with E-state index in [4.69, 9.17) is 0 Å². The zero-order chi connectivity index (χ0) is 21.7. The van der Waals surface area contributed by atoms with Crippen LogP contribution in [0.15, 0.2) is 48.8 Å². The zero-order valence-electron chi connectivity index (χ0n) is 16.9. The Hall–Kier alpha value is -3.23. The van der Waals surface area contributed by atoms with E-state index in [0.29, 0.717) is 6.54 Å². The molecule has 1 aliphatic heterocycles. The molecule has 1 saturated heterocycles. The maximum absolute atomic E-state index is 13.4. The molecule has 0 unspecified atom stereocenters. The monoisotopic (exact) mass is 428 g/mol. The first-order valence-corrected chi connectivity index (χ1v) is 10.3. The van der Waals surface area contributed by atoms with Crippen LogP contribution < -0.4 is 10.2 Å². The van der Waals surface area contributed by atoms with Crippen LogP contribution in [0.4, 0.5) is 24.8 Å². The van der Waals surface area contributed by atoms with Gasteiger partial charge in [-0.05, 0) is 42.7 Å². The Balaban J connectivity index is 1.55. The first-order valence-electron chi connectivity index (χ1n) is 10.3. The molecule has 4 heterocycles. The van der Waals surface area contributed by atoms with Crippen LogP contribution >= 0.6 is 0 Å². The molecule has 9 heteroatoms. The lowest BCUT2D eigenvalue weighted by Gasteiger charge is -2.22. The number of rotatable bonds is 5. The van der Waals surface area contributed by atoms with Crippen molar-refractivity contribution in [2.45, 2.75) is 38.4 Å². The molecule has 3 aromatic rings. The summed E-state index contributed by atoms with van der Waals surface area (Å²) in [5.41, 5.74) is 0.190. The highest BCUT2D eigenvalue weighted by Gasteiger charge is 2.34. The van der Waals surface area contributed by atoms with Crippen LogP contribution in [0.3, 0.4) is 0 Å².